The third-order valence-corrected chi connectivity index (χ3v) is 4.32. The molecule has 1 aliphatic heterocycles. The molecule has 8 heteroatoms. The fourth-order valence-electron chi connectivity index (χ4n) is 2.90. The van der Waals surface area contributed by atoms with Crippen LogP contribution >= 0.6 is 0 Å². The van der Waals surface area contributed by atoms with Gasteiger partial charge in [0.2, 0.25) is 0 Å². The lowest BCUT2D eigenvalue weighted by Gasteiger charge is -2.37. The topological polar surface area (TPSA) is 54.2 Å². The summed E-state index contributed by atoms with van der Waals surface area (Å²) in [6.45, 7) is 2.80. The summed E-state index contributed by atoms with van der Waals surface area (Å²) in [7, 11) is 0. The standard InChI is InChI=1S/C17H18F3N3O2/c18-17(19,20)13-1-3-14(4-2-13)21-9-11-22(12-10-21)15-5-7-16(8-6-15)23(24)25/h1-8,23-24H,9-12H2. The highest BCUT2D eigenvalue weighted by Crippen LogP contribution is 2.31. The highest BCUT2D eigenvalue weighted by Gasteiger charge is 2.30. The van der Waals surface area contributed by atoms with Gasteiger partial charge in [0.25, 0.3) is 0 Å². The molecule has 25 heavy (non-hydrogen) atoms. The number of piperazine rings is 1. The maximum Gasteiger partial charge on any atom is 0.416 e. The van der Waals surface area contributed by atoms with Gasteiger partial charge in [-0.3, -0.25) is 0 Å². The van der Waals surface area contributed by atoms with Crippen molar-refractivity contribution in [1.82, 2.24) is 0 Å². The van der Waals surface area contributed by atoms with Gasteiger partial charge in [0, 0.05) is 49.7 Å². The zero-order valence-electron chi connectivity index (χ0n) is 13.3. The van der Waals surface area contributed by atoms with E-state index in [4.69, 9.17) is 5.21 Å². The molecule has 0 radical (unpaired) electrons. The smallest absolute Gasteiger partial charge is 0.416 e. The van der Waals surface area contributed by atoms with Crippen LogP contribution in [0.5, 0.6) is 0 Å². The summed E-state index contributed by atoms with van der Waals surface area (Å²) >= 11 is 0. The highest BCUT2D eigenvalue weighted by molar-refractivity contribution is 5.54. The minimum absolute atomic E-state index is 0.243. The number of nitrogens with zero attached hydrogens (tertiary/aromatic N) is 2. The Hall–Kier alpha value is -2.29. The summed E-state index contributed by atoms with van der Waals surface area (Å²) < 4.78 is 37.9. The summed E-state index contributed by atoms with van der Waals surface area (Å²) in [5.74, 6) is 0. The quantitative estimate of drug-likeness (QED) is 0.833. The van der Waals surface area contributed by atoms with Crippen LogP contribution < -0.4 is 15.0 Å². The number of quaternary nitrogens is 1. The van der Waals surface area contributed by atoms with Crippen LogP contribution in [0.25, 0.3) is 0 Å². The van der Waals surface area contributed by atoms with Crippen LogP contribution in [-0.2, 0) is 6.18 Å². The first kappa shape index (κ1) is 17.5. The van der Waals surface area contributed by atoms with Crippen LogP contribution in [0.4, 0.5) is 30.2 Å². The molecule has 0 amide bonds. The van der Waals surface area contributed by atoms with E-state index in [9.17, 15) is 18.4 Å². The molecule has 1 unspecified atom stereocenters. The van der Waals surface area contributed by atoms with Crippen molar-refractivity contribution in [3.8, 4) is 0 Å². The normalized spacial score (nSPS) is 16.8. The Morgan fingerprint density at radius 2 is 1.20 bits per heavy atom. The van der Waals surface area contributed by atoms with Gasteiger partial charge in [-0.05, 0) is 36.4 Å². The van der Waals surface area contributed by atoms with E-state index in [2.05, 4.69) is 4.90 Å². The van der Waals surface area contributed by atoms with Crippen LogP contribution in [0, 0.1) is 5.21 Å². The highest BCUT2D eigenvalue weighted by atomic mass is 19.4. The first-order valence-corrected chi connectivity index (χ1v) is 7.85. The van der Waals surface area contributed by atoms with E-state index in [0.717, 1.165) is 23.5 Å². The maximum absolute atomic E-state index is 12.6. The molecule has 2 aromatic rings. The molecule has 0 saturated carbocycles. The van der Waals surface area contributed by atoms with Gasteiger partial charge in [-0.25, -0.2) is 5.21 Å². The second-order valence-corrected chi connectivity index (χ2v) is 5.87. The fourth-order valence-corrected chi connectivity index (χ4v) is 2.90. The first-order valence-electron chi connectivity index (χ1n) is 7.85. The number of anilines is 2. The number of nitrogens with one attached hydrogen (secondary N) is 1. The molecule has 1 heterocycles. The Labute approximate surface area is 143 Å². The summed E-state index contributed by atoms with van der Waals surface area (Å²) in [4.78, 5) is 4.18. The van der Waals surface area contributed by atoms with Gasteiger partial charge in [-0.1, -0.05) is 0 Å². The van der Waals surface area contributed by atoms with Crippen LogP contribution in [-0.4, -0.2) is 31.4 Å². The minimum Gasteiger partial charge on any atom is -0.595 e. The van der Waals surface area contributed by atoms with Gasteiger partial charge >= 0.3 is 6.18 Å². The third kappa shape index (κ3) is 4.04. The average Bonchev–Trinajstić information content (AvgIpc) is 2.61. The number of alkyl halides is 3. The van der Waals surface area contributed by atoms with E-state index in [-0.39, 0.29) is 5.69 Å². The number of hydrogen-bond acceptors (Lipinski definition) is 4. The molecular weight excluding hydrogens is 335 g/mol. The summed E-state index contributed by atoms with van der Waals surface area (Å²) in [5, 5.41) is 18.9. The van der Waals surface area contributed by atoms with E-state index in [1.807, 2.05) is 4.90 Å². The van der Waals surface area contributed by atoms with E-state index in [1.54, 1.807) is 24.3 Å². The molecule has 1 aliphatic rings. The molecule has 0 aromatic heterocycles. The number of halogens is 3. The van der Waals surface area contributed by atoms with Crippen molar-refractivity contribution in [2.45, 2.75) is 6.18 Å². The van der Waals surface area contributed by atoms with Gasteiger partial charge in [-0.15, -0.1) is 0 Å². The molecule has 3 rings (SSSR count). The molecule has 1 fully saturated rings. The molecule has 134 valence electrons. The van der Waals surface area contributed by atoms with Crippen LogP contribution in [0.3, 0.4) is 0 Å². The van der Waals surface area contributed by atoms with Crippen molar-refractivity contribution >= 4 is 17.1 Å². The van der Waals surface area contributed by atoms with E-state index >= 15 is 0 Å². The molecule has 5 nitrogen and oxygen atoms in total. The molecule has 0 aliphatic carbocycles. The molecule has 2 N–H and O–H groups in total. The van der Waals surface area contributed by atoms with E-state index < -0.39 is 17.0 Å². The van der Waals surface area contributed by atoms with Crippen molar-refractivity contribution in [2.24, 2.45) is 0 Å². The largest absolute Gasteiger partial charge is 0.595 e. The van der Waals surface area contributed by atoms with Gasteiger partial charge in [0.1, 0.15) is 0 Å². The Kier molecular flexibility index (Phi) is 4.85. The lowest BCUT2D eigenvalue weighted by atomic mass is 10.1. The predicted molar refractivity (Wildman–Crippen MR) is 88.1 cm³/mol. The molecule has 1 atom stereocenters. The number of hydrogen-bond donors (Lipinski definition) is 2. The molecule has 0 bridgehead atoms. The lowest BCUT2D eigenvalue weighted by molar-refractivity contribution is -0.991. The Morgan fingerprint density at radius 1 is 0.800 bits per heavy atom. The van der Waals surface area contributed by atoms with Crippen LogP contribution in [0.1, 0.15) is 5.56 Å². The summed E-state index contributed by atoms with van der Waals surface area (Å²) in [5.41, 5.74) is 1.31. The van der Waals surface area contributed by atoms with Crippen molar-refractivity contribution in [1.29, 1.82) is 0 Å². The SMILES string of the molecule is [O-][NH+](O)c1ccc(N2CCN(c3ccc(C(F)(F)F)cc3)CC2)cc1. The van der Waals surface area contributed by atoms with Gasteiger partial charge in [-0.2, -0.15) is 18.4 Å². The number of rotatable bonds is 3. The third-order valence-electron chi connectivity index (χ3n) is 4.32. The first-order chi connectivity index (χ1) is 11.8. The van der Waals surface area contributed by atoms with Gasteiger partial charge < -0.3 is 15.0 Å². The zero-order chi connectivity index (χ0) is 18.0. The average molecular weight is 353 g/mol. The van der Waals surface area contributed by atoms with Crippen molar-refractivity contribution in [3.63, 3.8) is 0 Å². The molecular formula is C17H18F3N3O2. The van der Waals surface area contributed by atoms with Crippen molar-refractivity contribution in [3.05, 3.63) is 59.3 Å². The summed E-state index contributed by atoms with van der Waals surface area (Å²) in [6, 6.07) is 11.9. The van der Waals surface area contributed by atoms with Gasteiger partial charge in [0.05, 0.1) is 5.56 Å². The maximum atomic E-state index is 12.6. The van der Waals surface area contributed by atoms with Gasteiger partial charge in [0.15, 0.2) is 5.69 Å². The van der Waals surface area contributed by atoms with E-state index in [0.29, 0.717) is 26.2 Å². The molecule has 2 aromatic carbocycles. The number of benzene rings is 2. The lowest BCUT2D eigenvalue weighted by Crippen LogP contribution is -2.99. The Morgan fingerprint density at radius 3 is 1.56 bits per heavy atom. The molecule has 0 spiro atoms. The predicted octanol–water partition coefficient (Wildman–Crippen LogP) is 2.44. The van der Waals surface area contributed by atoms with Crippen LogP contribution in [0.15, 0.2) is 48.5 Å². The zero-order valence-corrected chi connectivity index (χ0v) is 13.3. The fraction of sp³-hybridized carbons (Fsp3) is 0.294. The van der Waals surface area contributed by atoms with E-state index in [1.165, 1.54) is 12.1 Å². The van der Waals surface area contributed by atoms with Crippen molar-refractivity contribution in [2.75, 3.05) is 36.0 Å². The monoisotopic (exact) mass is 353 g/mol. The molecule has 1 saturated heterocycles. The minimum atomic E-state index is -4.32. The summed E-state index contributed by atoms with van der Waals surface area (Å²) in [6.07, 6.45) is -4.32. The van der Waals surface area contributed by atoms with Crippen LogP contribution in [0.2, 0.25) is 0 Å². The Bertz CT molecular complexity index is 695. The second-order valence-electron chi connectivity index (χ2n) is 5.87. The second kappa shape index (κ2) is 6.91. The Balaban J connectivity index is 1.61. The van der Waals surface area contributed by atoms with Crippen molar-refractivity contribution < 1.29 is 23.6 Å².